The highest BCUT2D eigenvalue weighted by molar-refractivity contribution is 9.10. The zero-order chi connectivity index (χ0) is 27.0. The van der Waals surface area contributed by atoms with E-state index in [1.807, 2.05) is 32.0 Å². The number of pyridine rings is 2. The minimum Gasteiger partial charge on any atom is -0.347 e. The largest absolute Gasteiger partial charge is 0.347 e. The number of halogens is 2. The van der Waals surface area contributed by atoms with E-state index < -0.39 is 5.79 Å². The summed E-state index contributed by atoms with van der Waals surface area (Å²) in [5.41, 5.74) is 8.58. The smallest absolute Gasteiger partial charge is 0.163 e. The van der Waals surface area contributed by atoms with Crippen LogP contribution >= 0.6 is 15.9 Å². The van der Waals surface area contributed by atoms with Crippen molar-refractivity contribution in [3.8, 4) is 22.4 Å². The molecule has 0 N–H and O–H groups in total. The lowest BCUT2D eigenvalue weighted by atomic mass is 9.86. The van der Waals surface area contributed by atoms with Gasteiger partial charge in [-0.1, -0.05) is 45.1 Å². The van der Waals surface area contributed by atoms with E-state index in [9.17, 15) is 4.39 Å². The zero-order valence-electron chi connectivity index (χ0n) is 22.9. The quantitative estimate of drug-likeness (QED) is 0.284. The van der Waals surface area contributed by atoms with Crippen molar-refractivity contribution in [2.24, 2.45) is 0 Å². The molecule has 0 unspecified atom stereocenters. The lowest BCUT2D eigenvalue weighted by Crippen LogP contribution is -2.43. The second-order valence-electron chi connectivity index (χ2n) is 11.1. The summed E-state index contributed by atoms with van der Waals surface area (Å²) >= 11 is 3.54. The Hall–Kier alpha value is -2.41. The van der Waals surface area contributed by atoms with Gasteiger partial charge in [0.2, 0.25) is 0 Å². The van der Waals surface area contributed by atoms with Gasteiger partial charge in [-0.3, -0.25) is 4.98 Å². The molecule has 0 spiro atoms. The van der Waals surface area contributed by atoms with Crippen molar-refractivity contribution in [2.45, 2.75) is 90.6 Å². The van der Waals surface area contributed by atoms with Crippen molar-refractivity contribution >= 4 is 22.0 Å². The molecule has 1 aromatic carbocycles. The number of aryl methyl sites for hydroxylation is 1. The van der Waals surface area contributed by atoms with Gasteiger partial charge in [0, 0.05) is 17.5 Å². The Kier molecular flexibility index (Phi) is 7.86. The average molecular weight is 580 g/mol. The maximum Gasteiger partial charge on any atom is 0.163 e. The molecule has 2 atom stereocenters. The van der Waals surface area contributed by atoms with Gasteiger partial charge >= 0.3 is 0 Å². The van der Waals surface area contributed by atoms with Crippen molar-refractivity contribution in [2.75, 3.05) is 0 Å². The molecule has 3 heterocycles. The van der Waals surface area contributed by atoms with E-state index in [1.54, 1.807) is 12.1 Å². The second-order valence-corrected chi connectivity index (χ2v) is 11.9. The predicted molar refractivity (Wildman–Crippen MR) is 154 cm³/mol. The fraction of sp³-hybridized carbons (Fsp3) is 0.438. The fourth-order valence-corrected chi connectivity index (χ4v) is 6.06. The van der Waals surface area contributed by atoms with Gasteiger partial charge in [-0.25, -0.2) is 9.37 Å². The van der Waals surface area contributed by atoms with E-state index in [2.05, 4.69) is 54.9 Å². The van der Waals surface area contributed by atoms with Crippen molar-refractivity contribution in [3.63, 3.8) is 0 Å². The highest BCUT2D eigenvalue weighted by Gasteiger charge is 2.34. The van der Waals surface area contributed by atoms with Crippen LogP contribution in [0.4, 0.5) is 4.39 Å². The standard InChI is InChI=1S/C32H36BrFN2O2/c1-6-22-18-23(38-32(4,5)37-22)14-15-26-29(20-10-12-21(34)13-11-20)25-8-7-9-27-24(16-17-28(33)35-27)31(25)36-30(26)19(2)3/h10-17,19,22-23H,6-9,18H2,1-5H3/b15-14+/t22-,23+/m0/s1. The molecule has 38 heavy (non-hydrogen) atoms. The van der Waals surface area contributed by atoms with Crippen molar-refractivity contribution in [1.29, 1.82) is 0 Å². The van der Waals surface area contributed by atoms with Gasteiger partial charge in [-0.2, -0.15) is 0 Å². The first-order chi connectivity index (χ1) is 18.1. The van der Waals surface area contributed by atoms with E-state index in [-0.39, 0.29) is 23.9 Å². The number of rotatable bonds is 5. The van der Waals surface area contributed by atoms with E-state index in [0.717, 1.165) is 76.0 Å². The van der Waals surface area contributed by atoms with Gasteiger partial charge in [0.05, 0.1) is 29.3 Å². The monoisotopic (exact) mass is 578 g/mol. The number of fused-ring (bicyclic) bond motifs is 3. The van der Waals surface area contributed by atoms with Gasteiger partial charge in [0.1, 0.15) is 10.4 Å². The van der Waals surface area contributed by atoms with Crippen LogP contribution in [0.5, 0.6) is 0 Å². The third-order valence-corrected chi connectivity index (χ3v) is 7.84. The van der Waals surface area contributed by atoms with E-state index in [0.29, 0.717) is 0 Å². The summed E-state index contributed by atoms with van der Waals surface area (Å²) in [6.07, 6.45) is 8.93. The minimum atomic E-state index is -0.633. The van der Waals surface area contributed by atoms with E-state index >= 15 is 0 Å². The summed E-state index contributed by atoms with van der Waals surface area (Å²) in [5, 5.41) is 0. The highest BCUT2D eigenvalue weighted by atomic mass is 79.9. The van der Waals surface area contributed by atoms with Crippen LogP contribution in [-0.4, -0.2) is 28.0 Å². The first-order valence-electron chi connectivity index (χ1n) is 13.7. The number of ether oxygens (including phenoxy) is 2. The molecule has 0 saturated carbocycles. The SMILES string of the molecule is CC[C@H]1C[C@@H](/C=C/c2c(C(C)C)nc3c(c2-c2ccc(F)cc2)CCCc2nc(Br)ccc2-3)OC(C)(C)O1. The predicted octanol–water partition coefficient (Wildman–Crippen LogP) is 8.66. The molecule has 200 valence electrons. The number of hydrogen-bond donors (Lipinski definition) is 0. The molecular weight excluding hydrogens is 543 g/mol. The van der Waals surface area contributed by atoms with Crippen molar-refractivity contribution in [3.05, 3.63) is 75.4 Å². The Morgan fingerprint density at radius 3 is 2.55 bits per heavy atom. The summed E-state index contributed by atoms with van der Waals surface area (Å²) in [7, 11) is 0. The molecule has 0 radical (unpaired) electrons. The molecule has 1 saturated heterocycles. The summed E-state index contributed by atoms with van der Waals surface area (Å²) in [6.45, 7) is 10.5. The molecule has 1 aliphatic heterocycles. The fourth-order valence-electron chi connectivity index (χ4n) is 5.71. The lowest BCUT2D eigenvalue weighted by molar-refractivity contribution is -0.290. The van der Waals surface area contributed by atoms with Crippen LogP contribution in [0.25, 0.3) is 28.5 Å². The Morgan fingerprint density at radius 2 is 1.84 bits per heavy atom. The van der Waals surface area contributed by atoms with Crippen molar-refractivity contribution < 1.29 is 13.9 Å². The molecule has 1 fully saturated rings. The Labute approximate surface area is 233 Å². The van der Waals surface area contributed by atoms with Gasteiger partial charge in [0.25, 0.3) is 0 Å². The third-order valence-electron chi connectivity index (χ3n) is 7.39. The van der Waals surface area contributed by atoms with Gasteiger partial charge in [-0.15, -0.1) is 0 Å². The number of benzene rings is 1. The molecular formula is C32H36BrFN2O2. The Balaban J connectivity index is 1.72. The lowest BCUT2D eigenvalue weighted by Gasteiger charge is -2.39. The van der Waals surface area contributed by atoms with Crippen LogP contribution in [-0.2, 0) is 22.3 Å². The Bertz CT molecular complexity index is 1350. The topological polar surface area (TPSA) is 44.2 Å². The molecule has 2 aromatic heterocycles. The third kappa shape index (κ3) is 5.63. The second kappa shape index (κ2) is 11.0. The van der Waals surface area contributed by atoms with E-state index in [1.165, 1.54) is 5.56 Å². The van der Waals surface area contributed by atoms with Crippen LogP contribution in [0.3, 0.4) is 0 Å². The minimum absolute atomic E-state index is 0.0640. The van der Waals surface area contributed by atoms with Gasteiger partial charge in [0.15, 0.2) is 5.79 Å². The molecule has 2 aliphatic rings. The molecule has 6 heteroatoms. The van der Waals surface area contributed by atoms with Gasteiger partial charge < -0.3 is 9.47 Å². The van der Waals surface area contributed by atoms with Crippen LogP contribution in [0.2, 0.25) is 0 Å². The molecule has 3 aromatic rings. The van der Waals surface area contributed by atoms with E-state index in [4.69, 9.17) is 19.4 Å². The number of nitrogens with zero attached hydrogens (tertiary/aromatic N) is 2. The van der Waals surface area contributed by atoms with Crippen LogP contribution in [0.15, 0.2) is 47.1 Å². The molecule has 4 nitrogen and oxygen atoms in total. The maximum absolute atomic E-state index is 14.0. The molecule has 1 aliphatic carbocycles. The maximum atomic E-state index is 14.0. The van der Waals surface area contributed by atoms with Crippen molar-refractivity contribution in [1.82, 2.24) is 9.97 Å². The highest BCUT2D eigenvalue weighted by Crippen LogP contribution is 2.42. The molecule has 5 rings (SSSR count). The number of aromatic nitrogens is 2. The Morgan fingerprint density at radius 1 is 1.08 bits per heavy atom. The summed E-state index contributed by atoms with van der Waals surface area (Å²) in [6, 6.07) is 11.0. The molecule has 0 bridgehead atoms. The first kappa shape index (κ1) is 27.2. The summed E-state index contributed by atoms with van der Waals surface area (Å²) in [4.78, 5) is 10.1. The summed E-state index contributed by atoms with van der Waals surface area (Å²) in [5.74, 6) is -0.686. The summed E-state index contributed by atoms with van der Waals surface area (Å²) < 4.78 is 27.2. The number of hydrogen-bond acceptors (Lipinski definition) is 4. The zero-order valence-corrected chi connectivity index (χ0v) is 24.4. The van der Waals surface area contributed by atoms with Gasteiger partial charge in [-0.05, 0) is 102 Å². The average Bonchev–Trinajstić information content (AvgIpc) is 3.04. The molecule has 0 amide bonds. The normalized spacial score (nSPS) is 20.8. The van der Waals surface area contributed by atoms with Crippen LogP contribution in [0, 0.1) is 5.82 Å². The van der Waals surface area contributed by atoms with Crippen LogP contribution in [0.1, 0.15) is 82.3 Å². The first-order valence-corrected chi connectivity index (χ1v) is 14.5. The van der Waals surface area contributed by atoms with Crippen LogP contribution < -0.4 is 0 Å².